The van der Waals surface area contributed by atoms with Gasteiger partial charge in [0.05, 0.1) is 0 Å². The van der Waals surface area contributed by atoms with E-state index >= 15 is 0 Å². The van der Waals surface area contributed by atoms with Gasteiger partial charge in [-0.1, -0.05) is 0 Å². The van der Waals surface area contributed by atoms with Crippen LogP contribution < -0.4 is 0 Å². The predicted octanol–water partition coefficient (Wildman–Crippen LogP) is 0.443. The molecule has 0 amide bonds. The Balaban J connectivity index is 2.32. The first-order chi connectivity index (χ1) is 2.50. The molecule has 24 valence electrons. The minimum absolute atomic E-state index is 0.431. The van der Waals surface area contributed by atoms with E-state index in [4.69, 9.17) is 0 Å². The molecule has 0 aromatic carbocycles. The Bertz CT molecular complexity index is 45.6. The molecule has 0 nitrogen and oxygen atoms in total. The van der Waals surface area contributed by atoms with Gasteiger partial charge in [-0.2, -0.15) is 0 Å². The van der Waals surface area contributed by atoms with Crippen molar-refractivity contribution in [3.05, 3.63) is 9.82 Å². The van der Waals surface area contributed by atoms with Crippen LogP contribution in [0, 0.1) is 0 Å². The van der Waals surface area contributed by atoms with Crippen molar-refractivity contribution in [2.75, 3.05) is 0 Å². The van der Waals surface area contributed by atoms with Gasteiger partial charge in [-0.25, -0.2) is 0 Å². The van der Waals surface area contributed by atoms with E-state index in [9.17, 15) is 0 Å². The zero-order valence-electron chi connectivity index (χ0n) is 2.56. The fourth-order valence-corrected chi connectivity index (χ4v) is 13.8. The second-order valence-electron chi connectivity index (χ2n) is 0.671. The van der Waals surface area contributed by atoms with Crippen molar-refractivity contribution < 1.29 is 0 Å². The second-order valence-corrected chi connectivity index (χ2v) is 13.7. The minimum atomic E-state index is 0.431. The zero-order chi connectivity index (χ0) is 3.54. The van der Waals surface area contributed by atoms with Crippen LogP contribution in [0.5, 0.6) is 0 Å². The van der Waals surface area contributed by atoms with Crippen LogP contribution in [0.25, 0.3) is 0 Å². The predicted molar refractivity (Wildman–Crippen MR) is 28.2 cm³/mol. The molecule has 0 atom stereocenters. The standard InChI is InChI=1S/C2H2Ge2S/c1-2-4-5-3-1/h1-2H. The Morgan fingerprint density at radius 1 is 1.20 bits per heavy atom. The Hall–Kier alpha value is 1.18. The van der Waals surface area contributed by atoms with E-state index in [-0.39, 0.29) is 0 Å². The quantitative estimate of drug-likeness (QED) is 0.515. The number of hydrogen-bond acceptors (Lipinski definition) is 1. The molecule has 1 heterocycles. The molecule has 0 fully saturated rings. The van der Waals surface area contributed by atoms with Crippen LogP contribution in [0.4, 0.5) is 0 Å². The number of rotatable bonds is 0. The van der Waals surface area contributed by atoms with Gasteiger partial charge in [-0.05, 0) is 0 Å². The van der Waals surface area contributed by atoms with Crippen LogP contribution in [0.2, 0.25) is 0 Å². The average molecular weight is 203 g/mol. The first kappa shape index (κ1) is 4.34. The van der Waals surface area contributed by atoms with Gasteiger partial charge < -0.3 is 0 Å². The molecule has 0 spiro atoms. The summed E-state index contributed by atoms with van der Waals surface area (Å²) in [5, 5.41) is 0. The van der Waals surface area contributed by atoms with E-state index in [2.05, 4.69) is 18.2 Å². The van der Waals surface area contributed by atoms with Crippen LogP contribution >= 0.6 is 8.41 Å². The van der Waals surface area contributed by atoms with Crippen LogP contribution in [0.1, 0.15) is 0 Å². The maximum absolute atomic E-state index is 2.38. The van der Waals surface area contributed by atoms with E-state index in [1.807, 2.05) is 0 Å². The third kappa shape index (κ3) is 1.37. The third-order valence-electron chi connectivity index (χ3n) is 0.337. The zero-order valence-corrected chi connectivity index (χ0v) is 7.58. The summed E-state index contributed by atoms with van der Waals surface area (Å²) in [6.45, 7) is 0. The molecule has 0 saturated heterocycles. The van der Waals surface area contributed by atoms with Crippen molar-refractivity contribution in [2.45, 2.75) is 0 Å². The van der Waals surface area contributed by atoms with E-state index < -0.39 is 0 Å². The Kier molecular flexibility index (Phi) is 2.05. The third-order valence-corrected chi connectivity index (χ3v) is 13.9. The van der Waals surface area contributed by atoms with E-state index in [0.29, 0.717) is 28.6 Å². The molecule has 3 heteroatoms. The molecular formula is C2H2Ge2S. The molecule has 4 radical (unpaired) electrons. The van der Waals surface area contributed by atoms with Crippen molar-refractivity contribution in [3.63, 3.8) is 0 Å². The van der Waals surface area contributed by atoms with Crippen molar-refractivity contribution in [3.8, 4) is 0 Å². The molecule has 0 aromatic rings. The summed E-state index contributed by atoms with van der Waals surface area (Å²) < 4.78 is 0. The maximum atomic E-state index is 2.38. The topological polar surface area (TPSA) is 0 Å². The summed E-state index contributed by atoms with van der Waals surface area (Å²) in [5.74, 6) is 0. The Labute approximate surface area is 46.8 Å². The monoisotopic (exact) mass is 206 g/mol. The van der Waals surface area contributed by atoms with Gasteiger partial charge in [0.1, 0.15) is 0 Å². The molecule has 5 heavy (non-hydrogen) atoms. The summed E-state index contributed by atoms with van der Waals surface area (Å²) >= 11 is 0.861. The van der Waals surface area contributed by atoms with Gasteiger partial charge in [0.15, 0.2) is 0 Å². The molecule has 0 unspecified atom stereocenters. The molecule has 0 saturated carbocycles. The summed E-state index contributed by atoms with van der Waals surface area (Å²) in [6.07, 6.45) is 0. The average Bonchev–Trinajstić information content (AvgIpc) is 1.76. The van der Waals surface area contributed by atoms with E-state index in [1.165, 1.54) is 0 Å². The van der Waals surface area contributed by atoms with Gasteiger partial charge in [-0.15, -0.1) is 0 Å². The SMILES string of the molecule is [CH]1=[CH][Ge][S][Ge]1. The van der Waals surface area contributed by atoms with Crippen molar-refractivity contribution in [2.24, 2.45) is 0 Å². The van der Waals surface area contributed by atoms with Crippen LogP contribution in [0.3, 0.4) is 0 Å². The van der Waals surface area contributed by atoms with Crippen LogP contribution in [0.15, 0.2) is 9.82 Å². The van der Waals surface area contributed by atoms with Crippen molar-refractivity contribution in [1.82, 2.24) is 0 Å². The molecule has 0 aromatic heterocycles. The normalized spacial score (nSPS) is 20.8. The van der Waals surface area contributed by atoms with Crippen molar-refractivity contribution >= 4 is 37.0 Å². The molecule has 1 aliphatic heterocycles. The summed E-state index contributed by atoms with van der Waals surface area (Å²) in [5.41, 5.74) is 0. The van der Waals surface area contributed by atoms with E-state index in [1.54, 1.807) is 0 Å². The molecule has 1 rings (SSSR count). The fraction of sp³-hybridized carbons (Fsp3) is 0. The Morgan fingerprint density at radius 2 is 1.80 bits per heavy atom. The van der Waals surface area contributed by atoms with Crippen molar-refractivity contribution in [1.29, 1.82) is 0 Å². The molecule has 1 aliphatic rings. The molecular weight excluding hydrogens is 201 g/mol. The van der Waals surface area contributed by atoms with Crippen LogP contribution in [-0.2, 0) is 0 Å². The first-order valence-corrected chi connectivity index (χ1v) is 9.70. The van der Waals surface area contributed by atoms with Gasteiger partial charge in [0, 0.05) is 0 Å². The molecule has 0 bridgehead atoms. The fourth-order valence-electron chi connectivity index (χ4n) is 0.170. The van der Waals surface area contributed by atoms with Crippen LogP contribution in [-0.4, -0.2) is 28.6 Å². The first-order valence-electron chi connectivity index (χ1n) is 1.32. The van der Waals surface area contributed by atoms with Gasteiger partial charge >= 0.3 is 46.8 Å². The number of hydrogen-bond donors (Lipinski definition) is 0. The Morgan fingerprint density at radius 3 is 2.00 bits per heavy atom. The summed E-state index contributed by atoms with van der Waals surface area (Å²) in [4.78, 5) is 4.76. The molecule has 0 aliphatic carbocycles. The van der Waals surface area contributed by atoms with Gasteiger partial charge in [-0.3, -0.25) is 0 Å². The van der Waals surface area contributed by atoms with Gasteiger partial charge in [0.2, 0.25) is 0 Å². The van der Waals surface area contributed by atoms with E-state index in [0.717, 1.165) is 0 Å². The summed E-state index contributed by atoms with van der Waals surface area (Å²) in [6, 6.07) is 0. The molecule has 0 N–H and O–H groups in total. The second kappa shape index (κ2) is 2.37. The summed E-state index contributed by atoms with van der Waals surface area (Å²) in [7, 11) is 2.21. The van der Waals surface area contributed by atoms with Gasteiger partial charge in [0.25, 0.3) is 0 Å².